The molecule has 1 heterocycles. The summed E-state index contributed by atoms with van der Waals surface area (Å²) in [5.41, 5.74) is 3.94. The maximum absolute atomic E-state index is 6.06. The van der Waals surface area contributed by atoms with E-state index in [-0.39, 0.29) is 6.04 Å². The standard InChI is InChI=1S/C21H27NO3/c1-14(2)15-5-7-17(8-6-15)25-13-19-18-12-21(24-4)20(23-3)11-16(18)9-10-22-19/h5-8,11-12,14,19,22H,9-10,13H2,1-4H3/p+1/t19-/m1/s1. The number of quaternary nitrogens is 1. The molecule has 2 aromatic rings. The van der Waals surface area contributed by atoms with Crippen LogP contribution in [0.4, 0.5) is 0 Å². The van der Waals surface area contributed by atoms with Crippen LogP contribution in [0, 0.1) is 0 Å². The molecule has 0 bridgehead atoms. The van der Waals surface area contributed by atoms with E-state index in [9.17, 15) is 0 Å². The fraction of sp³-hybridized carbons (Fsp3) is 0.429. The summed E-state index contributed by atoms with van der Waals surface area (Å²) in [6, 6.07) is 12.9. The van der Waals surface area contributed by atoms with Crippen molar-refractivity contribution >= 4 is 0 Å². The van der Waals surface area contributed by atoms with Gasteiger partial charge in [-0.2, -0.15) is 0 Å². The molecule has 2 N–H and O–H groups in total. The zero-order chi connectivity index (χ0) is 17.8. The molecular weight excluding hydrogens is 314 g/mol. The molecule has 0 amide bonds. The molecule has 0 aromatic heterocycles. The lowest BCUT2D eigenvalue weighted by molar-refractivity contribution is -0.700. The third kappa shape index (κ3) is 3.90. The van der Waals surface area contributed by atoms with Gasteiger partial charge >= 0.3 is 0 Å². The summed E-state index contributed by atoms with van der Waals surface area (Å²) in [6.45, 7) is 6.10. The van der Waals surface area contributed by atoms with Gasteiger partial charge in [-0.3, -0.25) is 0 Å². The van der Waals surface area contributed by atoms with E-state index in [0.29, 0.717) is 12.5 Å². The lowest BCUT2D eigenvalue weighted by atomic mass is 9.94. The third-order valence-electron chi connectivity index (χ3n) is 4.89. The second kappa shape index (κ2) is 7.79. The Morgan fingerprint density at radius 3 is 2.36 bits per heavy atom. The predicted octanol–water partition coefficient (Wildman–Crippen LogP) is 3.07. The zero-order valence-corrected chi connectivity index (χ0v) is 15.5. The lowest BCUT2D eigenvalue weighted by Gasteiger charge is -2.25. The molecule has 0 radical (unpaired) electrons. The number of hydrogen-bond acceptors (Lipinski definition) is 3. The van der Waals surface area contributed by atoms with Gasteiger partial charge in [-0.1, -0.05) is 26.0 Å². The fourth-order valence-electron chi connectivity index (χ4n) is 3.36. The maximum atomic E-state index is 6.06. The van der Waals surface area contributed by atoms with Crippen LogP contribution in [0.2, 0.25) is 0 Å². The summed E-state index contributed by atoms with van der Waals surface area (Å²) in [5, 5.41) is 2.34. The van der Waals surface area contributed by atoms with E-state index in [1.54, 1.807) is 14.2 Å². The summed E-state index contributed by atoms with van der Waals surface area (Å²) < 4.78 is 17.0. The SMILES string of the molecule is COc1cc2c(cc1OC)[C@@H](COc1ccc(C(C)C)cc1)[NH2+]CC2. The summed E-state index contributed by atoms with van der Waals surface area (Å²) in [4.78, 5) is 0. The van der Waals surface area contributed by atoms with Gasteiger partial charge in [0.2, 0.25) is 0 Å². The first-order valence-corrected chi connectivity index (χ1v) is 8.93. The summed E-state index contributed by atoms with van der Waals surface area (Å²) >= 11 is 0. The Kier molecular flexibility index (Phi) is 5.49. The number of nitrogens with two attached hydrogens (primary N) is 1. The number of rotatable bonds is 6. The number of hydrogen-bond donors (Lipinski definition) is 1. The molecule has 3 rings (SSSR count). The molecule has 0 unspecified atom stereocenters. The van der Waals surface area contributed by atoms with Crippen LogP contribution < -0.4 is 19.5 Å². The molecule has 4 nitrogen and oxygen atoms in total. The monoisotopic (exact) mass is 342 g/mol. The first-order valence-electron chi connectivity index (χ1n) is 8.93. The van der Waals surface area contributed by atoms with Gasteiger partial charge in [0.1, 0.15) is 18.4 Å². The highest BCUT2D eigenvalue weighted by molar-refractivity contribution is 5.48. The molecule has 0 fully saturated rings. The van der Waals surface area contributed by atoms with Gasteiger partial charge in [-0.25, -0.2) is 0 Å². The highest BCUT2D eigenvalue weighted by Crippen LogP contribution is 2.34. The molecule has 0 saturated heterocycles. The van der Waals surface area contributed by atoms with Crippen LogP contribution in [0.15, 0.2) is 36.4 Å². The smallest absolute Gasteiger partial charge is 0.161 e. The fourth-order valence-corrected chi connectivity index (χ4v) is 3.36. The summed E-state index contributed by atoms with van der Waals surface area (Å²) in [7, 11) is 3.36. The van der Waals surface area contributed by atoms with Gasteiger partial charge in [0.25, 0.3) is 0 Å². The molecule has 1 aliphatic heterocycles. The third-order valence-corrected chi connectivity index (χ3v) is 4.89. The van der Waals surface area contributed by atoms with Crippen LogP contribution in [0.1, 0.15) is 42.5 Å². The molecule has 1 atom stereocenters. The van der Waals surface area contributed by atoms with E-state index in [2.05, 4.69) is 55.6 Å². The minimum absolute atomic E-state index is 0.272. The molecule has 134 valence electrons. The number of ether oxygens (including phenoxy) is 3. The average Bonchev–Trinajstić information content (AvgIpc) is 2.65. The van der Waals surface area contributed by atoms with Crippen molar-refractivity contribution < 1.29 is 19.5 Å². The Bertz CT molecular complexity index is 710. The van der Waals surface area contributed by atoms with Crippen molar-refractivity contribution in [1.82, 2.24) is 0 Å². The van der Waals surface area contributed by atoms with Crippen molar-refractivity contribution in [3.05, 3.63) is 53.1 Å². The minimum atomic E-state index is 0.272. The quantitative estimate of drug-likeness (QED) is 0.877. The first-order chi connectivity index (χ1) is 12.1. The average molecular weight is 342 g/mol. The van der Waals surface area contributed by atoms with Gasteiger partial charge in [0.05, 0.1) is 20.8 Å². The molecule has 0 aliphatic carbocycles. The first kappa shape index (κ1) is 17.6. The molecule has 1 aliphatic rings. The summed E-state index contributed by atoms with van der Waals surface area (Å²) in [5.74, 6) is 3.04. The van der Waals surface area contributed by atoms with Gasteiger partial charge in [0, 0.05) is 12.0 Å². The Morgan fingerprint density at radius 1 is 1.04 bits per heavy atom. The normalized spacial score (nSPS) is 16.4. The summed E-state index contributed by atoms with van der Waals surface area (Å²) in [6.07, 6.45) is 1.04. The van der Waals surface area contributed by atoms with Gasteiger partial charge < -0.3 is 19.5 Å². The molecule has 0 spiro atoms. The lowest BCUT2D eigenvalue weighted by Crippen LogP contribution is -2.88. The Hall–Kier alpha value is -2.20. The zero-order valence-electron chi connectivity index (χ0n) is 15.5. The molecular formula is C21H28NO3+. The number of fused-ring (bicyclic) bond motifs is 1. The van der Waals surface area contributed by atoms with E-state index in [1.165, 1.54) is 16.7 Å². The Morgan fingerprint density at radius 2 is 1.72 bits per heavy atom. The molecule has 0 saturated carbocycles. The molecule has 2 aromatic carbocycles. The second-order valence-corrected chi connectivity index (χ2v) is 6.82. The topological polar surface area (TPSA) is 44.3 Å². The largest absolute Gasteiger partial charge is 0.493 e. The van der Waals surface area contributed by atoms with Gasteiger partial charge in [-0.05, 0) is 41.3 Å². The van der Waals surface area contributed by atoms with Crippen molar-refractivity contribution in [1.29, 1.82) is 0 Å². The molecule has 4 heteroatoms. The van der Waals surface area contributed by atoms with Crippen LogP contribution in [0.3, 0.4) is 0 Å². The minimum Gasteiger partial charge on any atom is -0.493 e. The predicted molar refractivity (Wildman–Crippen MR) is 98.8 cm³/mol. The second-order valence-electron chi connectivity index (χ2n) is 6.82. The van der Waals surface area contributed by atoms with Crippen LogP contribution in [0.25, 0.3) is 0 Å². The number of benzene rings is 2. The Labute approximate surface area is 150 Å². The van der Waals surface area contributed by atoms with Crippen molar-refractivity contribution in [2.45, 2.75) is 32.2 Å². The highest BCUT2D eigenvalue weighted by atomic mass is 16.5. The maximum Gasteiger partial charge on any atom is 0.161 e. The van der Waals surface area contributed by atoms with Crippen molar-refractivity contribution in [2.24, 2.45) is 0 Å². The number of methoxy groups -OCH3 is 2. The van der Waals surface area contributed by atoms with Crippen molar-refractivity contribution in [3.63, 3.8) is 0 Å². The van der Waals surface area contributed by atoms with Gasteiger partial charge in [-0.15, -0.1) is 0 Å². The van der Waals surface area contributed by atoms with Crippen molar-refractivity contribution in [2.75, 3.05) is 27.4 Å². The van der Waals surface area contributed by atoms with Crippen LogP contribution in [0.5, 0.6) is 17.2 Å². The highest BCUT2D eigenvalue weighted by Gasteiger charge is 2.26. The van der Waals surface area contributed by atoms with E-state index in [1.807, 2.05) is 0 Å². The van der Waals surface area contributed by atoms with Crippen LogP contribution in [-0.4, -0.2) is 27.4 Å². The van der Waals surface area contributed by atoms with Crippen molar-refractivity contribution in [3.8, 4) is 17.2 Å². The van der Waals surface area contributed by atoms with Crippen LogP contribution >= 0.6 is 0 Å². The Balaban J connectivity index is 1.74. The van der Waals surface area contributed by atoms with E-state index >= 15 is 0 Å². The van der Waals surface area contributed by atoms with E-state index in [4.69, 9.17) is 14.2 Å². The van der Waals surface area contributed by atoms with E-state index in [0.717, 1.165) is 30.2 Å². The molecule has 25 heavy (non-hydrogen) atoms. The van der Waals surface area contributed by atoms with Gasteiger partial charge in [0.15, 0.2) is 11.5 Å². The van der Waals surface area contributed by atoms with Crippen LogP contribution in [-0.2, 0) is 6.42 Å². The van der Waals surface area contributed by atoms with E-state index < -0.39 is 0 Å².